The summed E-state index contributed by atoms with van der Waals surface area (Å²) in [6.07, 6.45) is -2.54. The van der Waals surface area contributed by atoms with Gasteiger partial charge in [0.15, 0.2) is 11.5 Å². The van der Waals surface area contributed by atoms with Gasteiger partial charge in [0, 0.05) is 18.8 Å². The van der Waals surface area contributed by atoms with Crippen LogP contribution in [0.5, 0.6) is 0 Å². The van der Waals surface area contributed by atoms with E-state index in [-0.39, 0.29) is 17.9 Å². The van der Waals surface area contributed by atoms with E-state index in [1.807, 2.05) is 5.32 Å². The van der Waals surface area contributed by atoms with Crippen molar-refractivity contribution < 1.29 is 18.0 Å². The molecule has 5 nitrogen and oxygen atoms in total. The number of benzene rings is 1. The first-order valence-corrected chi connectivity index (χ1v) is 6.36. The topological polar surface area (TPSA) is 80.9 Å². The van der Waals surface area contributed by atoms with Crippen molar-refractivity contribution in [3.8, 4) is 0 Å². The number of nitrogens with zero attached hydrogens (tertiary/aromatic N) is 2. The van der Waals surface area contributed by atoms with Crippen LogP contribution in [-0.2, 0) is 6.42 Å². The van der Waals surface area contributed by atoms with Crippen LogP contribution in [0, 0.1) is 0 Å². The van der Waals surface area contributed by atoms with Crippen LogP contribution in [0.4, 0.5) is 19.0 Å². The highest BCUT2D eigenvalue weighted by molar-refractivity contribution is 5.96. The number of hydrogen-bond acceptors (Lipinski definition) is 4. The molecule has 1 heterocycles. The molecule has 0 saturated heterocycles. The van der Waals surface area contributed by atoms with Gasteiger partial charge in [-0.2, -0.15) is 13.2 Å². The lowest BCUT2D eigenvalue weighted by Gasteiger charge is -2.21. The molecular formula is C14H13F3N4O. The number of carbonyl (C=O) groups excluding carboxylic acids is 1. The number of aromatic nitrogens is 2. The first kappa shape index (κ1) is 15.7. The number of rotatable bonds is 4. The Labute approximate surface area is 124 Å². The Balaban J connectivity index is 2.17. The minimum Gasteiger partial charge on any atom is -0.382 e. The predicted molar refractivity (Wildman–Crippen MR) is 73.9 cm³/mol. The molecular weight excluding hydrogens is 297 g/mol. The van der Waals surface area contributed by atoms with Crippen molar-refractivity contribution in [1.82, 2.24) is 15.3 Å². The van der Waals surface area contributed by atoms with E-state index >= 15 is 0 Å². The van der Waals surface area contributed by atoms with Crippen LogP contribution >= 0.6 is 0 Å². The van der Waals surface area contributed by atoms with E-state index in [1.165, 1.54) is 12.4 Å². The fourth-order valence-electron chi connectivity index (χ4n) is 1.85. The fourth-order valence-corrected chi connectivity index (χ4v) is 1.85. The molecule has 0 radical (unpaired) electrons. The molecule has 116 valence electrons. The van der Waals surface area contributed by atoms with Gasteiger partial charge in [0.25, 0.3) is 5.91 Å². The van der Waals surface area contributed by atoms with E-state index in [4.69, 9.17) is 5.73 Å². The lowest BCUT2D eigenvalue weighted by atomic mass is 10.1. The molecule has 1 amide bonds. The summed E-state index contributed by atoms with van der Waals surface area (Å²) in [7, 11) is 0. The molecule has 22 heavy (non-hydrogen) atoms. The monoisotopic (exact) mass is 310 g/mol. The highest BCUT2D eigenvalue weighted by Gasteiger charge is 2.41. The Morgan fingerprint density at radius 2 is 1.82 bits per heavy atom. The summed E-state index contributed by atoms with van der Waals surface area (Å²) in [5.41, 5.74) is 5.57. The first-order chi connectivity index (χ1) is 10.4. The maximum atomic E-state index is 13.1. The third kappa shape index (κ3) is 3.94. The third-order valence-electron chi connectivity index (χ3n) is 2.92. The zero-order valence-corrected chi connectivity index (χ0v) is 11.3. The summed E-state index contributed by atoms with van der Waals surface area (Å²) in [5, 5.41) is 1.92. The highest BCUT2D eigenvalue weighted by Crippen LogP contribution is 2.23. The Morgan fingerprint density at radius 1 is 1.18 bits per heavy atom. The maximum Gasteiger partial charge on any atom is 0.408 e. The predicted octanol–water partition coefficient (Wildman–Crippen LogP) is 1.96. The van der Waals surface area contributed by atoms with Crippen molar-refractivity contribution >= 4 is 11.7 Å². The molecule has 0 aliphatic rings. The van der Waals surface area contributed by atoms with Gasteiger partial charge in [-0.05, 0) is 5.56 Å². The van der Waals surface area contributed by atoms with E-state index in [0.717, 1.165) is 0 Å². The molecule has 0 saturated carbocycles. The molecule has 3 N–H and O–H groups in total. The molecule has 1 aromatic heterocycles. The Bertz CT molecular complexity index is 646. The molecule has 0 fully saturated rings. The summed E-state index contributed by atoms with van der Waals surface area (Å²) in [6, 6.07) is 6.04. The Morgan fingerprint density at radius 3 is 2.41 bits per heavy atom. The second-order valence-electron chi connectivity index (χ2n) is 4.55. The number of anilines is 1. The van der Waals surface area contributed by atoms with Crippen LogP contribution in [0.15, 0.2) is 42.7 Å². The second kappa shape index (κ2) is 6.42. The Kier molecular flexibility index (Phi) is 4.59. The van der Waals surface area contributed by atoms with E-state index in [2.05, 4.69) is 9.97 Å². The molecule has 0 spiro atoms. The lowest BCUT2D eigenvalue weighted by Crippen LogP contribution is -2.47. The van der Waals surface area contributed by atoms with Crippen molar-refractivity contribution in [2.75, 3.05) is 5.73 Å². The van der Waals surface area contributed by atoms with Crippen molar-refractivity contribution in [3.63, 3.8) is 0 Å². The van der Waals surface area contributed by atoms with E-state index in [1.54, 1.807) is 30.3 Å². The summed E-state index contributed by atoms with van der Waals surface area (Å²) in [6.45, 7) is 0. The summed E-state index contributed by atoms with van der Waals surface area (Å²) < 4.78 is 39.3. The summed E-state index contributed by atoms with van der Waals surface area (Å²) in [5.74, 6) is -1.23. The van der Waals surface area contributed by atoms with Crippen LogP contribution in [-0.4, -0.2) is 28.1 Å². The number of hydrogen-bond donors (Lipinski definition) is 2. The smallest absolute Gasteiger partial charge is 0.382 e. The standard InChI is InChI=1S/C14H13F3N4O/c15-14(16,17)10(8-9-4-2-1-3-5-9)21-13(22)11-12(18)20-7-6-19-11/h1-7,10H,8H2,(H2,18,20)(H,21,22)/t10-/m0/s1. The largest absolute Gasteiger partial charge is 0.408 e. The van der Waals surface area contributed by atoms with Crippen LogP contribution < -0.4 is 11.1 Å². The number of halogens is 3. The second-order valence-corrected chi connectivity index (χ2v) is 4.55. The number of carbonyl (C=O) groups is 1. The quantitative estimate of drug-likeness (QED) is 0.904. The third-order valence-corrected chi connectivity index (χ3v) is 2.92. The molecule has 0 aliphatic carbocycles. The van der Waals surface area contributed by atoms with Gasteiger partial charge in [-0.3, -0.25) is 4.79 Å². The number of alkyl halides is 3. The summed E-state index contributed by atoms with van der Waals surface area (Å²) in [4.78, 5) is 19.2. The molecule has 8 heteroatoms. The SMILES string of the molecule is Nc1nccnc1C(=O)N[C@@H](Cc1ccccc1)C(F)(F)F. The Hall–Kier alpha value is -2.64. The minimum atomic E-state index is -4.59. The zero-order valence-electron chi connectivity index (χ0n) is 11.3. The van der Waals surface area contributed by atoms with Crippen molar-refractivity contribution in [2.45, 2.75) is 18.6 Å². The maximum absolute atomic E-state index is 13.1. The van der Waals surface area contributed by atoms with Gasteiger partial charge in [-0.25, -0.2) is 9.97 Å². The minimum absolute atomic E-state index is 0.222. The fraction of sp³-hybridized carbons (Fsp3) is 0.214. The van der Waals surface area contributed by atoms with Gasteiger partial charge in [-0.15, -0.1) is 0 Å². The molecule has 2 aromatic rings. The molecule has 1 aromatic carbocycles. The number of nitrogens with two attached hydrogens (primary N) is 1. The molecule has 0 bridgehead atoms. The average Bonchev–Trinajstić information content (AvgIpc) is 2.47. The summed E-state index contributed by atoms with van der Waals surface area (Å²) >= 11 is 0. The van der Waals surface area contributed by atoms with Crippen molar-refractivity contribution in [1.29, 1.82) is 0 Å². The van der Waals surface area contributed by atoms with Gasteiger partial charge in [0.1, 0.15) is 6.04 Å². The number of nitrogens with one attached hydrogen (secondary N) is 1. The number of amides is 1. The van der Waals surface area contributed by atoms with E-state index in [0.29, 0.717) is 5.56 Å². The van der Waals surface area contributed by atoms with Gasteiger partial charge < -0.3 is 11.1 Å². The molecule has 0 unspecified atom stereocenters. The zero-order chi connectivity index (χ0) is 16.2. The van der Waals surface area contributed by atoms with Crippen LogP contribution in [0.3, 0.4) is 0 Å². The first-order valence-electron chi connectivity index (χ1n) is 6.36. The number of nitrogen functional groups attached to an aromatic ring is 1. The van der Waals surface area contributed by atoms with Gasteiger partial charge in [0.2, 0.25) is 0 Å². The van der Waals surface area contributed by atoms with Crippen LogP contribution in [0.2, 0.25) is 0 Å². The average molecular weight is 310 g/mol. The van der Waals surface area contributed by atoms with Crippen LogP contribution in [0.25, 0.3) is 0 Å². The van der Waals surface area contributed by atoms with Crippen LogP contribution in [0.1, 0.15) is 16.1 Å². The van der Waals surface area contributed by atoms with Gasteiger partial charge >= 0.3 is 6.18 Å². The van der Waals surface area contributed by atoms with E-state index in [9.17, 15) is 18.0 Å². The highest BCUT2D eigenvalue weighted by atomic mass is 19.4. The van der Waals surface area contributed by atoms with Crippen molar-refractivity contribution in [3.05, 3.63) is 54.0 Å². The molecule has 0 aliphatic heterocycles. The van der Waals surface area contributed by atoms with Crippen molar-refractivity contribution in [2.24, 2.45) is 0 Å². The van der Waals surface area contributed by atoms with Gasteiger partial charge in [-0.1, -0.05) is 30.3 Å². The molecule has 1 atom stereocenters. The van der Waals surface area contributed by atoms with E-state index < -0.39 is 18.1 Å². The normalized spacial score (nSPS) is 12.7. The van der Waals surface area contributed by atoms with Gasteiger partial charge in [0.05, 0.1) is 0 Å². The lowest BCUT2D eigenvalue weighted by molar-refractivity contribution is -0.153. The molecule has 2 rings (SSSR count).